The number of unbranched alkanes of at least 4 members (excludes halogenated alkanes) is 1. The van der Waals surface area contributed by atoms with Gasteiger partial charge in [0.05, 0.1) is 6.10 Å². The molecule has 3 unspecified atom stereocenters. The molecule has 0 aliphatic rings. The molecular formula is C9H19NO4. The number of hydrogen-bond donors (Lipinski definition) is 2. The quantitative estimate of drug-likeness (QED) is 0.479. The van der Waals surface area contributed by atoms with Crippen molar-refractivity contribution in [3.63, 3.8) is 0 Å². The van der Waals surface area contributed by atoms with Gasteiger partial charge in [0, 0.05) is 11.3 Å². The van der Waals surface area contributed by atoms with Gasteiger partial charge in [-0.05, 0) is 13.3 Å². The van der Waals surface area contributed by atoms with Gasteiger partial charge in [-0.25, -0.2) is 0 Å². The third-order valence-electron chi connectivity index (χ3n) is 2.15. The SMILES string of the molecule is CCCCC(O)C(CC(C)O)[N+](=O)[O-]. The number of aliphatic hydroxyl groups is 2. The molecule has 0 aromatic heterocycles. The molecule has 0 saturated heterocycles. The summed E-state index contributed by atoms with van der Waals surface area (Å²) in [5, 5.41) is 29.1. The van der Waals surface area contributed by atoms with Crippen molar-refractivity contribution in [1.82, 2.24) is 0 Å². The van der Waals surface area contributed by atoms with E-state index in [4.69, 9.17) is 5.11 Å². The van der Waals surface area contributed by atoms with Crippen molar-refractivity contribution in [3.8, 4) is 0 Å². The summed E-state index contributed by atoms with van der Waals surface area (Å²) < 4.78 is 0. The van der Waals surface area contributed by atoms with Crippen LogP contribution in [0.15, 0.2) is 0 Å². The van der Waals surface area contributed by atoms with Crippen LogP contribution >= 0.6 is 0 Å². The Morgan fingerprint density at radius 2 is 2.00 bits per heavy atom. The maximum absolute atomic E-state index is 10.6. The lowest BCUT2D eigenvalue weighted by molar-refractivity contribution is -0.537. The zero-order valence-corrected chi connectivity index (χ0v) is 8.72. The van der Waals surface area contributed by atoms with Gasteiger partial charge in [-0.3, -0.25) is 10.1 Å². The van der Waals surface area contributed by atoms with Crippen molar-refractivity contribution in [1.29, 1.82) is 0 Å². The minimum absolute atomic E-state index is 0.0118. The third kappa shape index (κ3) is 5.14. The summed E-state index contributed by atoms with van der Waals surface area (Å²) >= 11 is 0. The summed E-state index contributed by atoms with van der Waals surface area (Å²) in [5.41, 5.74) is 0. The first kappa shape index (κ1) is 13.3. The Kier molecular flexibility index (Phi) is 6.40. The number of nitro groups is 1. The molecule has 0 fully saturated rings. The third-order valence-corrected chi connectivity index (χ3v) is 2.15. The lowest BCUT2D eigenvalue weighted by atomic mass is 10.0. The Morgan fingerprint density at radius 1 is 1.43 bits per heavy atom. The smallest absolute Gasteiger partial charge is 0.241 e. The molecule has 5 heteroatoms. The minimum Gasteiger partial charge on any atom is -0.393 e. The van der Waals surface area contributed by atoms with E-state index in [1.54, 1.807) is 0 Å². The Hall–Kier alpha value is -0.680. The van der Waals surface area contributed by atoms with E-state index in [1.165, 1.54) is 6.92 Å². The van der Waals surface area contributed by atoms with Crippen molar-refractivity contribution in [2.45, 2.75) is 57.8 Å². The van der Waals surface area contributed by atoms with Crippen molar-refractivity contribution >= 4 is 0 Å². The molecule has 0 amide bonds. The van der Waals surface area contributed by atoms with Crippen molar-refractivity contribution in [2.24, 2.45) is 0 Å². The average Bonchev–Trinajstić information content (AvgIpc) is 2.09. The average molecular weight is 205 g/mol. The zero-order chi connectivity index (χ0) is 11.1. The van der Waals surface area contributed by atoms with Crippen molar-refractivity contribution in [2.75, 3.05) is 0 Å². The predicted molar refractivity (Wildman–Crippen MR) is 52.6 cm³/mol. The van der Waals surface area contributed by atoms with Gasteiger partial charge in [0.1, 0.15) is 6.10 Å². The second-order valence-corrected chi connectivity index (χ2v) is 3.65. The molecule has 84 valence electrons. The highest BCUT2D eigenvalue weighted by atomic mass is 16.6. The molecule has 0 heterocycles. The molecular weight excluding hydrogens is 186 g/mol. The van der Waals surface area contributed by atoms with E-state index in [0.29, 0.717) is 6.42 Å². The van der Waals surface area contributed by atoms with Crippen LogP contribution in [0.4, 0.5) is 0 Å². The second kappa shape index (κ2) is 6.73. The summed E-state index contributed by atoms with van der Waals surface area (Å²) in [6.07, 6.45) is 0.412. The summed E-state index contributed by atoms with van der Waals surface area (Å²) in [6, 6.07) is -1.04. The number of rotatable bonds is 7. The van der Waals surface area contributed by atoms with Crippen LogP contribution in [0.3, 0.4) is 0 Å². The van der Waals surface area contributed by atoms with Crippen LogP contribution in [-0.2, 0) is 0 Å². The monoisotopic (exact) mass is 205 g/mol. The van der Waals surface area contributed by atoms with Crippen LogP contribution in [0, 0.1) is 10.1 Å². The Labute approximate surface area is 83.9 Å². The van der Waals surface area contributed by atoms with Gasteiger partial charge in [-0.1, -0.05) is 19.8 Å². The molecule has 0 bridgehead atoms. The molecule has 0 rings (SSSR count). The molecule has 0 aliphatic carbocycles. The van der Waals surface area contributed by atoms with Crippen LogP contribution in [0.25, 0.3) is 0 Å². The molecule has 0 spiro atoms. The lowest BCUT2D eigenvalue weighted by Gasteiger charge is -2.16. The van der Waals surface area contributed by atoms with Gasteiger partial charge < -0.3 is 10.2 Å². The van der Waals surface area contributed by atoms with Gasteiger partial charge in [-0.2, -0.15) is 0 Å². The largest absolute Gasteiger partial charge is 0.393 e. The van der Waals surface area contributed by atoms with Gasteiger partial charge in [0.25, 0.3) is 0 Å². The number of nitrogens with zero attached hydrogens (tertiary/aromatic N) is 1. The highest BCUT2D eigenvalue weighted by Gasteiger charge is 2.30. The van der Waals surface area contributed by atoms with E-state index in [9.17, 15) is 15.2 Å². The van der Waals surface area contributed by atoms with Crippen molar-refractivity contribution in [3.05, 3.63) is 10.1 Å². The summed E-state index contributed by atoms with van der Waals surface area (Å²) in [7, 11) is 0. The van der Waals surface area contributed by atoms with Crippen molar-refractivity contribution < 1.29 is 15.1 Å². The number of hydrogen-bond acceptors (Lipinski definition) is 4. The maximum Gasteiger partial charge on any atom is 0.241 e. The zero-order valence-electron chi connectivity index (χ0n) is 8.72. The predicted octanol–water partition coefficient (Wildman–Crippen LogP) is 0.954. The first-order valence-corrected chi connectivity index (χ1v) is 4.98. The topological polar surface area (TPSA) is 83.6 Å². The molecule has 0 saturated carbocycles. The molecule has 14 heavy (non-hydrogen) atoms. The Bertz CT molecular complexity index is 172. The molecule has 2 N–H and O–H groups in total. The summed E-state index contributed by atoms with van der Waals surface area (Å²) in [5.74, 6) is 0. The van der Waals surface area contributed by atoms with Crippen LogP contribution in [0.2, 0.25) is 0 Å². The Morgan fingerprint density at radius 3 is 2.36 bits per heavy atom. The van der Waals surface area contributed by atoms with Crippen LogP contribution in [0.1, 0.15) is 39.5 Å². The van der Waals surface area contributed by atoms with E-state index in [0.717, 1.165) is 12.8 Å². The van der Waals surface area contributed by atoms with E-state index < -0.39 is 23.2 Å². The minimum atomic E-state index is -1.04. The highest BCUT2D eigenvalue weighted by molar-refractivity contribution is 4.70. The van der Waals surface area contributed by atoms with Crippen LogP contribution < -0.4 is 0 Å². The number of aliphatic hydroxyl groups excluding tert-OH is 2. The summed E-state index contributed by atoms with van der Waals surface area (Å²) in [6.45, 7) is 3.45. The fraction of sp³-hybridized carbons (Fsp3) is 1.00. The van der Waals surface area contributed by atoms with Gasteiger partial charge in [0.2, 0.25) is 6.04 Å². The molecule has 0 aliphatic heterocycles. The molecule has 3 atom stereocenters. The Balaban J connectivity index is 4.11. The first-order chi connectivity index (χ1) is 6.49. The van der Waals surface area contributed by atoms with Crippen LogP contribution in [-0.4, -0.2) is 33.4 Å². The van der Waals surface area contributed by atoms with E-state index in [1.807, 2.05) is 6.92 Å². The second-order valence-electron chi connectivity index (χ2n) is 3.65. The standard InChI is InChI=1S/C9H19NO4/c1-3-4-5-9(12)8(10(13)14)6-7(2)11/h7-9,11-12H,3-6H2,1-2H3. The lowest BCUT2D eigenvalue weighted by Crippen LogP contribution is -2.36. The van der Waals surface area contributed by atoms with E-state index >= 15 is 0 Å². The van der Waals surface area contributed by atoms with Crippen LogP contribution in [0.5, 0.6) is 0 Å². The van der Waals surface area contributed by atoms with E-state index in [-0.39, 0.29) is 6.42 Å². The highest BCUT2D eigenvalue weighted by Crippen LogP contribution is 2.12. The molecule has 0 aromatic carbocycles. The molecule has 0 aromatic rings. The normalized spacial score (nSPS) is 17.4. The fourth-order valence-corrected chi connectivity index (χ4v) is 1.34. The first-order valence-electron chi connectivity index (χ1n) is 4.98. The van der Waals surface area contributed by atoms with E-state index in [2.05, 4.69) is 0 Å². The molecule has 5 nitrogen and oxygen atoms in total. The van der Waals surface area contributed by atoms with Gasteiger partial charge in [0.15, 0.2) is 0 Å². The maximum atomic E-state index is 10.6. The fourth-order valence-electron chi connectivity index (χ4n) is 1.34. The summed E-state index contributed by atoms with van der Waals surface area (Å²) in [4.78, 5) is 10.1. The van der Waals surface area contributed by atoms with Gasteiger partial charge >= 0.3 is 0 Å². The molecule has 0 radical (unpaired) electrons. The van der Waals surface area contributed by atoms with Gasteiger partial charge in [-0.15, -0.1) is 0 Å².